The van der Waals surface area contributed by atoms with Gasteiger partial charge in [-0.2, -0.15) is 4.98 Å². The van der Waals surface area contributed by atoms with Crippen LogP contribution in [0.1, 0.15) is 55.0 Å². The van der Waals surface area contributed by atoms with Crippen molar-refractivity contribution in [1.82, 2.24) is 15.0 Å². The largest absolute Gasteiger partial charge is 0.357 e. The third kappa shape index (κ3) is 3.90. The van der Waals surface area contributed by atoms with Crippen LogP contribution in [0.4, 0.5) is 10.1 Å². The lowest BCUT2D eigenvalue weighted by Crippen LogP contribution is -2.52. The van der Waals surface area contributed by atoms with Crippen LogP contribution < -0.4 is 4.90 Å². The third-order valence-electron chi connectivity index (χ3n) is 7.11. The Hall–Kier alpha value is -3.22. The zero-order chi connectivity index (χ0) is 22.4. The zero-order valence-corrected chi connectivity index (χ0v) is 18.5. The summed E-state index contributed by atoms with van der Waals surface area (Å²) in [5.74, 6) is 1.16. The molecule has 1 aromatic heterocycles. The topological polar surface area (TPSA) is 62.5 Å². The van der Waals surface area contributed by atoms with Gasteiger partial charge in [-0.15, -0.1) is 0 Å². The molecule has 33 heavy (non-hydrogen) atoms. The molecule has 2 aliphatic heterocycles. The van der Waals surface area contributed by atoms with Gasteiger partial charge in [-0.3, -0.25) is 4.79 Å². The van der Waals surface area contributed by atoms with Crippen molar-refractivity contribution in [3.8, 4) is 11.4 Å². The lowest BCUT2D eigenvalue weighted by Gasteiger charge is -2.40. The minimum Gasteiger partial charge on any atom is -0.357 e. The molecule has 7 heteroatoms. The normalized spacial score (nSPS) is 20.6. The quantitative estimate of drug-likeness (QED) is 0.582. The second-order valence-corrected chi connectivity index (χ2v) is 9.38. The minimum atomic E-state index is -0.353. The van der Waals surface area contributed by atoms with Crippen molar-refractivity contribution in [1.29, 1.82) is 0 Å². The molecule has 1 amide bonds. The van der Waals surface area contributed by atoms with Crippen molar-refractivity contribution in [3.63, 3.8) is 0 Å². The molecular weight excluding hydrogens is 419 g/mol. The van der Waals surface area contributed by atoms with Gasteiger partial charge in [0.1, 0.15) is 11.9 Å². The fourth-order valence-electron chi connectivity index (χ4n) is 5.10. The number of fused-ring (bicyclic) bond motifs is 1. The fourth-order valence-corrected chi connectivity index (χ4v) is 5.10. The highest BCUT2D eigenvalue weighted by atomic mass is 19.1. The van der Waals surface area contributed by atoms with Crippen LogP contribution in [0.2, 0.25) is 0 Å². The molecule has 2 fully saturated rings. The van der Waals surface area contributed by atoms with E-state index in [-0.39, 0.29) is 17.8 Å². The highest BCUT2D eigenvalue weighted by Gasteiger charge is 2.35. The number of nitrogens with zero attached hydrogens (tertiary/aromatic N) is 4. The summed E-state index contributed by atoms with van der Waals surface area (Å²) in [5, 5.41) is 4.03. The maximum atomic E-state index is 15.3. The van der Waals surface area contributed by atoms with Crippen molar-refractivity contribution in [3.05, 3.63) is 65.3 Å². The molecule has 0 N–H and O–H groups in total. The van der Waals surface area contributed by atoms with Crippen LogP contribution in [-0.4, -0.2) is 40.1 Å². The molecule has 0 spiro atoms. The summed E-state index contributed by atoms with van der Waals surface area (Å²) in [6, 6.07) is 13.0. The van der Waals surface area contributed by atoms with E-state index in [0.29, 0.717) is 48.5 Å². The van der Waals surface area contributed by atoms with Gasteiger partial charge in [0, 0.05) is 31.1 Å². The van der Waals surface area contributed by atoms with Crippen LogP contribution in [0.15, 0.2) is 47.0 Å². The molecule has 1 saturated heterocycles. The first-order valence-electron chi connectivity index (χ1n) is 11.9. The summed E-state index contributed by atoms with van der Waals surface area (Å²) in [7, 11) is 0. The Morgan fingerprint density at radius 1 is 1.03 bits per heavy atom. The number of amides is 1. The number of benzene rings is 2. The van der Waals surface area contributed by atoms with E-state index in [9.17, 15) is 4.79 Å². The van der Waals surface area contributed by atoms with Crippen LogP contribution in [0.5, 0.6) is 0 Å². The van der Waals surface area contributed by atoms with Gasteiger partial charge in [0.2, 0.25) is 17.6 Å². The fraction of sp³-hybridized carbons (Fsp3) is 0.423. The molecule has 3 aliphatic rings. The maximum Gasteiger partial charge on any atom is 0.245 e. The number of hydrogen-bond acceptors (Lipinski definition) is 5. The molecule has 3 aromatic rings. The van der Waals surface area contributed by atoms with Gasteiger partial charge in [-0.05, 0) is 67.9 Å². The lowest BCUT2D eigenvalue weighted by atomic mass is 9.96. The van der Waals surface area contributed by atoms with Gasteiger partial charge >= 0.3 is 0 Å². The lowest BCUT2D eigenvalue weighted by molar-refractivity contribution is -0.134. The van der Waals surface area contributed by atoms with E-state index in [2.05, 4.69) is 22.3 Å². The van der Waals surface area contributed by atoms with Gasteiger partial charge in [-0.1, -0.05) is 29.4 Å². The number of anilines is 1. The van der Waals surface area contributed by atoms with E-state index in [4.69, 9.17) is 4.52 Å². The highest BCUT2D eigenvalue weighted by Crippen LogP contribution is 2.40. The summed E-state index contributed by atoms with van der Waals surface area (Å²) in [5.41, 5.74) is 3.59. The summed E-state index contributed by atoms with van der Waals surface area (Å²) >= 11 is 0. The van der Waals surface area contributed by atoms with Gasteiger partial charge in [0.05, 0.1) is 5.69 Å². The second-order valence-electron chi connectivity index (χ2n) is 9.38. The van der Waals surface area contributed by atoms with Gasteiger partial charge in [0.25, 0.3) is 0 Å². The molecule has 6 nitrogen and oxygen atoms in total. The number of hydrogen-bond donors (Lipinski definition) is 0. The van der Waals surface area contributed by atoms with Gasteiger partial charge < -0.3 is 14.3 Å². The van der Waals surface area contributed by atoms with Crippen LogP contribution in [0.3, 0.4) is 0 Å². The van der Waals surface area contributed by atoms with E-state index >= 15 is 4.39 Å². The van der Waals surface area contributed by atoms with Crippen LogP contribution >= 0.6 is 0 Å². The zero-order valence-electron chi connectivity index (χ0n) is 18.5. The monoisotopic (exact) mass is 446 g/mol. The third-order valence-corrected chi connectivity index (χ3v) is 7.11. The average Bonchev–Trinajstić information content (AvgIpc) is 3.59. The number of halogens is 1. The molecular formula is C26H27FN4O2. The summed E-state index contributed by atoms with van der Waals surface area (Å²) in [6.45, 7) is 2.01. The number of aromatic nitrogens is 2. The molecule has 1 saturated carbocycles. The minimum absolute atomic E-state index is 0.0972. The Bertz CT molecular complexity index is 1190. The SMILES string of the molecule is O=C(C1CCCCN1c1ccc(-c2noc(C3CC3)n2)cc1F)N1CCc2ccccc2C1. The van der Waals surface area contributed by atoms with Crippen LogP contribution in [-0.2, 0) is 17.8 Å². The van der Waals surface area contributed by atoms with Crippen LogP contribution in [0.25, 0.3) is 11.4 Å². The predicted molar refractivity (Wildman–Crippen MR) is 122 cm³/mol. The Morgan fingerprint density at radius 3 is 2.70 bits per heavy atom. The van der Waals surface area contributed by atoms with E-state index in [1.807, 2.05) is 28.0 Å². The number of carbonyl (C=O) groups excluding carboxylic acids is 1. The Morgan fingerprint density at radius 2 is 1.88 bits per heavy atom. The molecule has 1 aliphatic carbocycles. The molecule has 6 rings (SSSR count). The predicted octanol–water partition coefficient (Wildman–Crippen LogP) is 4.70. The average molecular weight is 447 g/mol. The Balaban J connectivity index is 1.23. The Labute approximate surface area is 192 Å². The van der Waals surface area contributed by atoms with E-state index in [1.165, 1.54) is 17.2 Å². The summed E-state index contributed by atoms with van der Waals surface area (Å²) in [4.78, 5) is 21.9. The summed E-state index contributed by atoms with van der Waals surface area (Å²) in [6.07, 6.45) is 5.68. The molecule has 0 bridgehead atoms. The first-order valence-corrected chi connectivity index (χ1v) is 11.9. The van der Waals surface area contributed by atoms with Gasteiger partial charge in [0.15, 0.2) is 0 Å². The molecule has 2 aromatic carbocycles. The second kappa shape index (κ2) is 8.28. The van der Waals surface area contributed by atoms with E-state index in [0.717, 1.165) is 38.5 Å². The van der Waals surface area contributed by atoms with Crippen molar-refractivity contribution >= 4 is 11.6 Å². The first kappa shape index (κ1) is 20.4. The number of rotatable bonds is 4. The smallest absolute Gasteiger partial charge is 0.245 e. The van der Waals surface area contributed by atoms with Crippen molar-refractivity contribution in [2.24, 2.45) is 0 Å². The Kier molecular flexibility index (Phi) is 5.12. The molecule has 1 atom stereocenters. The van der Waals surface area contributed by atoms with Crippen LogP contribution in [0, 0.1) is 5.82 Å². The molecule has 1 unspecified atom stereocenters. The standard InChI is InChI=1S/C26H27FN4O2/c27-21-15-19(24-28-25(33-29-24)18-8-9-18)10-11-22(21)31-13-4-3-7-23(31)26(32)30-14-12-17-5-1-2-6-20(17)16-30/h1-2,5-6,10-11,15,18,23H,3-4,7-9,12-14,16H2. The molecule has 170 valence electrons. The molecule has 3 heterocycles. The maximum absolute atomic E-state index is 15.3. The summed E-state index contributed by atoms with van der Waals surface area (Å²) < 4.78 is 20.6. The van der Waals surface area contributed by atoms with Crippen molar-refractivity contribution in [2.45, 2.75) is 57.0 Å². The van der Waals surface area contributed by atoms with Gasteiger partial charge in [-0.25, -0.2) is 4.39 Å². The number of carbonyl (C=O) groups is 1. The highest BCUT2D eigenvalue weighted by molar-refractivity contribution is 5.86. The first-order chi connectivity index (χ1) is 16.2. The van der Waals surface area contributed by atoms with Crippen molar-refractivity contribution in [2.75, 3.05) is 18.0 Å². The molecule has 0 radical (unpaired) electrons. The number of piperidine rings is 1. The van der Waals surface area contributed by atoms with E-state index < -0.39 is 0 Å². The van der Waals surface area contributed by atoms with Crippen molar-refractivity contribution < 1.29 is 13.7 Å². The van der Waals surface area contributed by atoms with E-state index in [1.54, 1.807) is 6.07 Å².